The molecule has 4 nitrogen and oxygen atoms in total. The van der Waals surface area contributed by atoms with Crippen molar-refractivity contribution < 1.29 is 4.39 Å². The smallest absolute Gasteiger partial charge is 0.123 e. The maximum absolute atomic E-state index is 13.9. The molecule has 0 unspecified atom stereocenters. The second kappa shape index (κ2) is 15.7. The van der Waals surface area contributed by atoms with Gasteiger partial charge in [-0.05, 0) is 78.5 Å². The van der Waals surface area contributed by atoms with Gasteiger partial charge in [0.25, 0.3) is 0 Å². The van der Waals surface area contributed by atoms with E-state index in [9.17, 15) is 4.39 Å². The number of nitrogens with zero attached hydrogens (tertiary/aromatic N) is 1. The van der Waals surface area contributed by atoms with Crippen LogP contribution in [-0.2, 0) is 6.42 Å². The van der Waals surface area contributed by atoms with Gasteiger partial charge in [-0.25, -0.2) is 4.39 Å². The van der Waals surface area contributed by atoms with E-state index in [-0.39, 0.29) is 5.82 Å². The van der Waals surface area contributed by atoms with Crippen molar-refractivity contribution in [1.29, 1.82) is 0 Å². The molecule has 0 amide bonds. The lowest BCUT2D eigenvalue weighted by atomic mass is 9.96. The van der Waals surface area contributed by atoms with Crippen LogP contribution in [0.25, 0.3) is 11.1 Å². The Hall–Kier alpha value is -5.16. The summed E-state index contributed by atoms with van der Waals surface area (Å²) in [6, 6.07) is 18.7. The van der Waals surface area contributed by atoms with Gasteiger partial charge in [0.2, 0.25) is 0 Å². The van der Waals surface area contributed by atoms with Crippen LogP contribution < -0.4 is 16.4 Å². The Morgan fingerprint density at radius 2 is 1.70 bits per heavy atom. The summed E-state index contributed by atoms with van der Waals surface area (Å²) in [6.45, 7) is 22.4. The molecule has 3 rings (SSSR count). The number of benzene rings is 2. The Kier molecular flexibility index (Phi) is 11.8. The van der Waals surface area contributed by atoms with Gasteiger partial charge < -0.3 is 16.4 Å². The molecule has 0 radical (unpaired) electrons. The van der Waals surface area contributed by atoms with Crippen molar-refractivity contribution in [1.82, 2.24) is 10.3 Å². The molecule has 0 fully saturated rings. The van der Waals surface area contributed by atoms with E-state index in [1.165, 1.54) is 17.7 Å². The number of nitrogens with two attached hydrogens (primary N) is 1. The molecule has 4 N–H and O–H groups in total. The number of halogens is 1. The van der Waals surface area contributed by atoms with Gasteiger partial charge in [0.1, 0.15) is 5.82 Å². The molecule has 0 saturated heterocycles. The van der Waals surface area contributed by atoms with E-state index < -0.39 is 0 Å². The molecule has 2 aromatic carbocycles. The van der Waals surface area contributed by atoms with Crippen molar-refractivity contribution in [3.05, 3.63) is 180 Å². The predicted molar refractivity (Wildman–Crippen MR) is 182 cm³/mol. The van der Waals surface area contributed by atoms with Crippen molar-refractivity contribution in [3.8, 4) is 0 Å². The summed E-state index contributed by atoms with van der Waals surface area (Å²) in [5.74, 6) is -0.291. The average molecular weight is 573 g/mol. The molecule has 0 aliphatic carbocycles. The molecular weight excluding hydrogens is 531 g/mol. The Morgan fingerprint density at radius 3 is 2.37 bits per heavy atom. The molecule has 5 heteroatoms. The van der Waals surface area contributed by atoms with Crippen molar-refractivity contribution in [3.63, 3.8) is 0 Å². The average Bonchev–Trinajstić information content (AvgIpc) is 2.99. The molecule has 0 saturated carbocycles. The topological polar surface area (TPSA) is 63.0 Å². The molecule has 0 atom stereocenters. The highest BCUT2D eigenvalue weighted by atomic mass is 19.1. The fourth-order valence-electron chi connectivity index (χ4n) is 4.54. The number of allylic oxidation sites excluding steroid dienone is 11. The molecular formula is C38H41FN4. The maximum atomic E-state index is 13.9. The van der Waals surface area contributed by atoms with Crippen LogP contribution in [0.15, 0.2) is 158 Å². The van der Waals surface area contributed by atoms with Gasteiger partial charge in [-0.15, -0.1) is 0 Å². The van der Waals surface area contributed by atoms with Crippen LogP contribution in [0.5, 0.6) is 0 Å². The molecule has 0 aliphatic rings. The fraction of sp³-hybridized carbons (Fsp3) is 0.132. The lowest BCUT2D eigenvalue weighted by Crippen LogP contribution is -2.14. The lowest BCUT2D eigenvalue weighted by molar-refractivity contribution is 0.627. The highest BCUT2D eigenvalue weighted by molar-refractivity contribution is 5.80. The normalized spacial score (nSPS) is 12.7. The van der Waals surface area contributed by atoms with Crippen LogP contribution >= 0.6 is 0 Å². The summed E-state index contributed by atoms with van der Waals surface area (Å²) < 4.78 is 13.9. The van der Waals surface area contributed by atoms with Crippen molar-refractivity contribution >= 4 is 16.8 Å². The van der Waals surface area contributed by atoms with E-state index in [0.717, 1.165) is 56.2 Å². The summed E-state index contributed by atoms with van der Waals surface area (Å²) in [5.41, 5.74) is 16.6. The molecule has 0 bridgehead atoms. The lowest BCUT2D eigenvalue weighted by Gasteiger charge is -2.18. The van der Waals surface area contributed by atoms with Gasteiger partial charge in [0.05, 0.1) is 11.9 Å². The van der Waals surface area contributed by atoms with Gasteiger partial charge in [-0.2, -0.15) is 0 Å². The van der Waals surface area contributed by atoms with Crippen molar-refractivity contribution in [2.24, 2.45) is 5.73 Å². The first-order valence-corrected chi connectivity index (χ1v) is 14.1. The molecule has 3 aromatic rings. The summed E-state index contributed by atoms with van der Waals surface area (Å²) >= 11 is 0. The van der Waals surface area contributed by atoms with E-state index in [1.54, 1.807) is 24.5 Å². The van der Waals surface area contributed by atoms with Crippen molar-refractivity contribution in [2.45, 2.75) is 33.6 Å². The SMILES string of the molecule is C=C/C=C(\C(C)=C(/C)NC(=C)CC(=C/C(=C)c1cncc(NC(=C)Cc2ccccc2)c1)/C(N)=C\C)c1cccc(F)c1. The van der Waals surface area contributed by atoms with E-state index >= 15 is 0 Å². The standard InChI is InChI=1S/C38H41FN4/c1-8-14-37(32-17-13-18-35(39)22-32)29(6)30(7)42-28(5)21-33(38(40)9-2)19-26(3)34-23-36(25-41-24-34)43-27(4)20-31-15-11-10-12-16-31/h8-19,22-25,42-43H,1,3-5,20-21,40H2,2,6-7H3/b30-29+,33-19-,37-14+,38-9+. The first-order valence-electron chi connectivity index (χ1n) is 14.1. The second-order valence-corrected chi connectivity index (χ2v) is 10.3. The molecule has 220 valence electrons. The van der Waals surface area contributed by atoms with E-state index in [0.29, 0.717) is 18.5 Å². The highest BCUT2D eigenvalue weighted by Crippen LogP contribution is 2.27. The summed E-state index contributed by atoms with van der Waals surface area (Å²) in [4.78, 5) is 4.41. The molecule has 1 aromatic heterocycles. The minimum absolute atomic E-state index is 0.291. The minimum Gasteiger partial charge on any atom is -0.399 e. The van der Waals surface area contributed by atoms with E-state index in [2.05, 4.69) is 54.1 Å². The Labute approximate surface area is 256 Å². The Balaban J connectivity index is 1.76. The third-order valence-corrected chi connectivity index (χ3v) is 6.88. The van der Waals surface area contributed by atoms with Gasteiger partial charge in [-0.3, -0.25) is 4.98 Å². The number of rotatable bonds is 14. The highest BCUT2D eigenvalue weighted by Gasteiger charge is 2.11. The van der Waals surface area contributed by atoms with E-state index in [1.807, 2.05) is 69.3 Å². The number of hydrogen-bond acceptors (Lipinski definition) is 4. The summed E-state index contributed by atoms with van der Waals surface area (Å²) in [5, 5.41) is 6.76. The predicted octanol–water partition coefficient (Wildman–Crippen LogP) is 9.25. The van der Waals surface area contributed by atoms with Gasteiger partial charge in [-0.1, -0.05) is 87.0 Å². The van der Waals surface area contributed by atoms with Crippen LogP contribution in [0.3, 0.4) is 0 Å². The van der Waals surface area contributed by atoms with Crippen LogP contribution in [0.2, 0.25) is 0 Å². The number of hydrogen-bond donors (Lipinski definition) is 3. The Bertz CT molecular complexity index is 1620. The number of pyridine rings is 1. The first kappa shape index (κ1) is 32.4. The van der Waals surface area contributed by atoms with Gasteiger partial charge in [0.15, 0.2) is 0 Å². The first-order chi connectivity index (χ1) is 20.6. The second-order valence-electron chi connectivity index (χ2n) is 10.3. The molecule has 0 aliphatic heterocycles. The summed E-state index contributed by atoms with van der Waals surface area (Å²) in [6.07, 6.45) is 12.1. The Morgan fingerprint density at radius 1 is 0.953 bits per heavy atom. The number of nitrogens with one attached hydrogen (secondary N) is 2. The number of anilines is 1. The minimum atomic E-state index is -0.291. The number of aromatic nitrogens is 1. The largest absolute Gasteiger partial charge is 0.399 e. The van der Waals surface area contributed by atoms with Crippen LogP contribution in [0, 0.1) is 5.82 Å². The molecule has 1 heterocycles. The van der Waals surface area contributed by atoms with Gasteiger partial charge in [0, 0.05) is 47.4 Å². The molecule has 0 spiro atoms. The van der Waals surface area contributed by atoms with Crippen molar-refractivity contribution in [2.75, 3.05) is 5.32 Å². The van der Waals surface area contributed by atoms with Gasteiger partial charge >= 0.3 is 0 Å². The van der Waals surface area contributed by atoms with Crippen LogP contribution in [0.4, 0.5) is 10.1 Å². The zero-order valence-electron chi connectivity index (χ0n) is 25.4. The third kappa shape index (κ3) is 9.72. The summed E-state index contributed by atoms with van der Waals surface area (Å²) in [7, 11) is 0. The fourth-order valence-corrected chi connectivity index (χ4v) is 4.54. The maximum Gasteiger partial charge on any atom is 0.123 e. The zero-order chi connectivity index (χ0) is 31.4. The third-order valence-electron chi connectivity index (χ3n) is 6.88. The quantitative estimate of drug-likeness (QED) is 0.169. The van der Waals surface area contributed by atoms with Crippen LogP contribution in [-0.4, -0.2) is 4.98 Å². The monoisotopic (exact) mass is 572 g/mol. The van der Waals surface area contributed by atoms with Crippen LogP contribution in [0.1, 0.15) is 43.9 Å². The van der Waals surface area contributed by atoms with E-state index in [4.69, 9.17) is 5.73 Å². The zero-order valence-corrected chi connectivity index (χ0v) is 25.4. The molecule has 43 heavy (non-hydrogen) atoms.